The molecule has 0 radical (unpaired) electrons. The molecule has 1 aromatic heterocycles. The number of nitrogens with one attached hydrogen (secondary N) is 2. The number of aliphatic hydroxyl groups is 1. The van der Waals surface area contributed by atoms with Gasteiger partial charge in [-0.05, 0) is 62.3 Å². The molecule has 2 atom stereocenters. The highest BCUT2D eigenvalue weighted by molar-refractivity contribution is 6.32. The number of aromatic nitrogens is 2. The Kier molecular flexibility index (Phi) is 12.2. The number of nitrogens with zero attached hydrogens (tertiary/aromatic N) is 2. The summed E-state index contributed by atoms with van der Waals surface area (Å²) in [6.07, 6.45) is 4.67. The van der Waals surface area contributed by atoms with Crippen molar-refractivity contribution in [1.82, 2.24) is 20.2 Å². The molecule has 2 aromatic carbocycles. The number of hydrogen-bond donors (Lipinski definition) is 3. The first-order valence-electron chi connectivity index (χ1n) is 14.4. The number of aryl methyl sites for hydroxylation is 1. The quantitative estimate of drug-likeness (QED) is 0.205. The van der Waals surface area contributed by atoms with Crippen LogP contribution in [0.5, 0.6) is 5.75 Å². The minimum absolute atomic E-state index is 0.0450. The summed E-state index contributed by atoms with van der Waals surface area (Å²) >= 11 is 6.31. The van der Waals surface area contributed by atoms with Crippen LogP contribution in [0.2, 0.25) is 5.02 Å². The molecule has 3 rings (SSSR count). The van der Waals surface area contributed by atoms with Crippen molar-refractivity contribution < 1.29 is 19.4 Å². The first-order chi connectivity index (χ1) is 19.6. The lowest BCUT2D eigenvalue weighted by Gasteiger charge is -2.20. The predicted octanol–water partition coefficient (Wildman–Crippen LogP) is 5.96. The molecule has 222 valence electrons. The number of benzene rings is 2. The number of imidazole rings is 1. The van der Waals surface area contributed by atoms with Gasteiger partial charge in [0, 0.05) is 43.4 Å². The van der Waals surface area contributed by atoms with Gasteiger partial charge in [0.2, 0.25) is 5.91 Å². The third-order valence-corrected chi connectivity index (χ3v) is 7.04. The van der Waals surface area contributed by atoms with Crippen molar-refractivity contribution in [1.29, 1.82) is 0 Å². The molecule has 0 saturated carbocycles. The number of amides is 2. The van der Waals surface area contributed by atoms with Gasteiger partial charge in [-0.15, -0.1) is 0 Å². The first kappa shape index (κ1) is 32.2. The molecule has 0 saturated heterocycles. The molecule has 0 unspecified atom stereocenters. The Morgan fingerprint density at radius 3 is 2.41 bits per heavy atom. The molecule has 9 heteroatoms. The van der Waals surface area contributed by atoms with E-state index in [1.807, 2.05) is 37.4 Å². The number of carbonyl (C=O) groups is 2. The average Bonchev–Trinajstić information content (AvgIpc) is 3.36. The Labute approximate surface area is 248 Å². The van der Waals surface area contributed by atoms with Gasteiger partial charge < -0.3 is 25.0 Å². The van der Waals surface area contributed by atoms with Crippen molar-refractivity contribution in [3.8, 4) is 17.0 Å². The van der Waals surface area contributed by atoms with Crippen molar-refractivity contribution >= 4 is 23.4 Å². The Morgan fingerprint density at radius 2 is 1.83 bits per heavy atom. The number of halogens is 1. The van der Waals surface area contributed by atoms with Gasteiger partial charge in [-0.2, -0.15) is 0 Å². The highest BCUT2D eigenvalue weighted by Crippen LogP contribution is 2.27. The number of hydrogen-bond acceptors (Lipinski definition) is 5. The molecule has 41 heavy (non-hydrogen) atoms. The smallest absolute Gasteiger partial charge is 0.251 e. The largest absolute Gasteiger partial charge is 0.492 e. The molecule has 8 nitrogen and oxygen atoms in total. The van der Waals surface area contributed by atoms with Gasteiger partial charge in [-0.25, -0.2) is 4.98 Å². The van der Waals surface area contributed by atoms with Crippen LogP contribution in [0.25, 0.3) is 11.3 Å². The summed E-state index contributed by atoms with van der Waals surface area (Å²) in [6.45, 7) is 11.1. The van der Waals surface area contributed by atoms with E-state index in [1.54, 1.807) is 18.2 Å². The third kappa shape index (κ3) is 9.33. The van der Waals surface area contributed by atoms with E-state index in [-0.39, 0.29) is 30.5 Å². The summed E-state index contributed by atoms with van der Waals surface area (Å²) < 4.78 is 7.69. The molecule has 0 aliphatic carbocycles. The molecule has 0 spiro atoms. The highest BCUT2D eigenvalue weighted by atomic mass is 35.5. The Morgan fingerprint density at radius 1 is 1.10 bits per heavy atom. The fourth-order valence-electron chi connectivity index (χ4n) is 4.76. The maximum atomic E-state index is 13.0. The number of carbonyl (C=O) groups excluding carboxylic acids is 2. The van der Waals surface area contributed by atoms with Crippen LogP contribution in [-0.2, 0) is 17.8 Å². The van der Waals surface area contributed by atoms with E-state index >= 15 is 0 Å². The van der Waals surface area contributed by atoms with Crippen LogP contribution in [0, 0.1) is 5.92 Å². The second kappa shape index (κ2) is 15.6. The van der Waals surface area contributed by atoms with Crippen LogP contribution in [0.4, 0.5) is 0 Å². The van der Waals surface area contributed by atoms with Gasteiger partial charge >= 0.3 is 0 Å². The SMILES string of the molecule is CCCOc1ccc(C(=O)N[C@H](CCO)Cc2ccc(-c3cn(CC)c([C@@H](CC(C)C)NC(C)=O)n3)cc2)cc1Cl. The second-order valence-electron chi connectivity index (χ2n) is 10.7. The van der Waals surface area contributed by atoms with E-state index in [2.05, 4.69) is 36.0 Å². The molecular formula is C32H43ClN4O4. The van der Waals surface area contributed by atoms with Gasteiger partial charge in [0.25, 0.3) is 5.91 Å². The normalized spacial score (nSPS) is 12.7. The summed E-state index contributed by atoms with van der Waals surface area (Å²) in [4.78, 5) is 29.7. The fourth-order valence-corrected chi connectivity index (χ4v) is 5.00. The minimum atomic E-state index is -0.256. The van der Waals surface area contributed by atoms with E-state index in [1.165, 1.54) is 6.92 Å². The lowest BCUT2D eigenvalue weighted by atomic mass is 10.0. The van der Waals surface area contributed by atoms with E-state index in [0.29, 0.717) is 41.7 Å². The zero-order valence-electron chi connectivity index (χ0n) is 24.7. The van der Waals surface area contributed by atoms with Gasteiger partial charge in [0.05, 0.1) is 23.4 Å². The van der Waals surface area contributed by atoms with Crippen LogP contribution in [0.1, 0.15) is 81.7 Å². The van der Waals surface area contributed by atoms with E-state index in [0.717, 1.165) is 42.0 Å². The molecule has 3 N–H and O–H groups in total. The maximum absolute atomic E-state index is 13.0. The molecule has 2 amide bonds. The number of aliphatic hydroxyl groups excluding tert-OH is 1. The summed E-state index contributed by atoms with van der Waals surface area (Å²) in [5.74, 6) is 1.49. The summed E-state index contributed by atoms with van der Waals surface area (Å²) in [5, 5.41) is 16.1. The average molecular weight is 583 g/mol. The van der Waals surface area contributed by atoms with Crippen molar-refractivity contribution in [3.05, 3.63) is 70.6 Å². The summed E-state index contributed by atoms with van der Waals surface area (Å²) in [7, 11) is 0. The Hall–Kier alpha value is -3.36. The summed E-state index contributed by atoms with van der Waals surface area (Å²) in [6, 6.07) is 12.7. The Bertz CT molecular complexity index is 1290. The zero-order valence-corrected chi connectivity index (χ0v) is 25.5. The molecular weight excluding hydrogens is 540 g/mol. The van der Waals surface area contributed by atoms with Crippen LogP contribution in [0.15, 0.2) is 48.7 Å². The molecule has 0 fully saturated rings. The van der Waals surface area contributed by atoms with E-state index in [4.69, 9.17) is 21.3 Å². The highest BCUT2D eigenvalue weighted by Gasteiger charge is 2.22. The first-order valence-corrected chi connectivity index (χ1v) is 14.8. The molecule has 0 bridgehead atoms. The topological polar surface area (TPSA) is 105 Å². The second-order valence-corrected chi connectivity index (χ2v) is 11.1. The number of ether oxygens (including phenoxy) is 1. The van der Waals surface area contributed by atoms with Crippen molar-refractivity contribution in [2.24, 2.45) is 5.92 Å². The minimum Gasteiger partial charge on any atom is -0.492 e. The van der Waals surface area contributed by atoms with Gasteiger partial charge in [-0.1, -0.05) is 56.6 Å². The molecule has 0 aliphatic heterocycles. The van der Waals surface area contributed by atoms with Gasteiger partial charge in [0.1, 0.15) is 11.6 Å². The zero-order chi connectivity index (χ0) is 29.9. The molecule has 0 aliphatic rings. The Balaban J connectivity index is 1.73. The van der Waals surface area contributed by atoms with E-state index in [9.17, 15) is 14.7 Å². The van der Waals surface area contributed by atoms with Crippen molar-refractivity contribution in [2.75, 3.05) is 13.2 Å². The van der Waals surface area contributed by atoms with Gasteiger partial charge in [0.15, 0.2) is 0 Å². The lowest BCUT2D eigenvalue weighted by molar-refractivity contribution is -0.119. The van der Waals surface area contributed by atoms with Crippen LogP contribution in [-0.4, -0.2) is 45.7 Å². The number of rotatable bonds is 15. The van der Waals surface area contributed by atoms with Crippen LogP contribution >= 0.6 is 11.6 Å². The van der Waals surface area contributed by atoms with Crippen molar-refractivity contribution in [3.63, 3.8) is 0 Å². The third-order valence-electron chi connectivity index (χ3n) is 6.74. The molecule has 1 heterocycles. The van der Waals surface area contributed by atoms with E-state index < -0.39 is 0 Å². The lowest BCUT2D eigenvalue weighted by Crippen LogP contribution is -2.37. The fraction of sp³-hybridized carbons (Fsp3) is 0.469. The monoisotopic (exact) mass is 582 g/mol. The maximum Gasteiger partial charge on any atom is 0.251 e. The summed E-state index contributed by atoms with van der Waals surface area (Å²) in [5.41, 5.74) is 3.28. The van der Waals surface area contributed by atoms with Crippen molar-refractivity contribution in [2.45, 2.75) is 78.9 Å². The molecule has 3 aromatic rings. The standard InChI is InChI=1S/C32H43ClN4O4/c1-6-16-41-30-13-12-25(19-27(30)33)32(40)35-26(14-15-38)18-23-8-10-24(11-9-23)29-20-37(7-2)31(36-29)28(17-21(3)4)34-22(5)39/h8-13,19-21,26,28,38H,6-7,14-18H2,1-5H3,(H,34,39)(H,35,40)/t26-,28-/m1/s1. The van der Waals surface area contributed by atoms with Gasteiger partial charge in [-0.3, -0.25) is 9.59 Å². The van der Waals surface area contributed by atoms with Crippen LogP contribution in [0.3, 0.4) is 0 Å². The predicted molar refractivity (Wildman–Crippen MR) is 163 cm³/mol. The van der Waals surface area contributed by atoms with Crippen LogP contribution < -0.4 is 15.4 Å².